The van der Waals surface area contributed by atoms with Crippen LogP contribution in [0, 0.1) is 0 Å². The van der Waals surface area contributed by atoms with Crippen molar-refractivity contribution in [3.8, 4) is 0 Å². The summed E-state index contributed by atoms with van der Waals surface area (Å²) < 4.78 is 5.93. The lowest BCUT2D eigenvalue weighted by molar-refractivity contribution is 0.0599. The van der Waals surface area contributed by atoms with Crippen molar-refractivity contribution in [3.05, 3.63) is 24.3 Å². The van der Waals surface area contributed by atoms with Gasteiger partial charge in [-0.3, -0.25) is 0 Å². The summed E-state index contributed by atoms with van der Waals surface area (Å²) in [6, 6.07) is 0. The molecule has 0 fully saturated rings. The fraction of sp³-hybridized carbons (Fsp3) is 0.143. The first-order chi connectivity index (χ1) is 6.31. The SMILES string of the molecule is COC(=O)c1cnc2ncnn2c1. The molecule has 6 heteroatoms. The van der Waals surface area contributed by atoms with E-state index in [1.807, 2.05) is 0 Å². The summed E-state index contributed by atoms with van der Waals surface area (Å²) in [6.45, 7) is 0. The van der Waals surface area contributed by atoms with E-state index in [1.165, 1.54) is 30.3 Å². The minimum atomic E-state index is -0.440. The Kier molecular flexibility index (Phi) is 1.66. The van der Waals surface area contributed by atoms with E-state index < -0.39 is 5.97 Å². The minimum absolute atomic E-state index is 0.348. The largest absolute Gasteiger partial charge is 0.465 e. The summed E-state index contributed by atoms with van der Waals surface area (Å²) in [5.74, 6) is 0.0116. The molecule has 0 saturated carbocycles. The van der Waals surface area contributed by atoms with Crippen LogP contribution in [0.5, 0.6) is 0 Å². The lowest BCUT2D eigenvalue weighted by atomic mass is 10.3. The van der Waals surface area contributed by atoms with Crippen LogP contribution in [0.4, 0.5) is 0 Å². The van der Waals surface area contributed by atoms with Crippen LogP contribution in [0.15, 0.2) is 18.7 Å². The van der Waals surface area contributed by atoms with Gasteiger partial charge in [-0.05, 0) is 0 Å². The topological polar surface area (TPSA) is 69.4 Å². The molecule has 13 heavy (non-hydrogen) atoms. The molecular weight excluding hydrogens is 172 g/mol. The quantitative estimate of drug-likeness (QED) is 0.571. The Hall–Kier alpha value is -1.98. The van der Waals surface area contributed by atoms with Gasteiger partial charge >= 0.3 is 5.97 Å². The van der Waals surface area contributed by atoms with Gasteiger partial charge in [-0.15, -0.1) is 0 Å². The first kappa shape index (κ1) is 7.66. The predicted molar refractivity (Wildman–Crippen MR) is 42.1 cm³/mol. The highest BCUT2D eigenvalue weighted by atomic mass is 16.5. The molecule has 0 amide bonds. The molecule has 2 heterocycles. The van der Waals surface area contributed by atoms with Gasteiger partial charge in [0, 0.05) is 12.4 Å². The van der Waals surface area contributed by atoms with E-state index in [0.717, 1.165) is 0 Å². The number of esters is 1. The highest BCUT2D eigenvalue weighted by Crippen LogP contribution is 2.00. The molecule has 2 aromatic heterocycles. The third-order valence-electron chi connectivity index (χ3n) is 1.56. The summed E-state index contributed by atoms with van der Waals surface area (Å²) in [6.07, 6.45) is 4.28. The van der Waals surface area contributed by atoms with Crippen LogP contribution in [0.25, 0.3) is 5.78 Å². The van der Waals surface area contributed by atoms with Crippen molar-refractivity contribution in [1.82, 2.24) is 19.6 Å². The van der Waals surface area contributed by atoms with Crippen LogP contribution < -0.4 is 0 Å². The first-order valence-electron chi connectivity index (χ1n) is 3.55. The van der Waals surface area contributed by atoms with Crippen LogP contribution in [-0.4, -0.2) is 32.7 Å². The fourth-order valence-corrected chi connectivity index (χ4v) is 0.943. The number of carbonyl (C=O) groups excluding carboxylic acids is 1. The van der Waals surface area contributed by atoms with Gasteiger partial charge in [-0.25, -0.2) is 14.3 Å². The van der Waals surface area contributed by atoms with Crippen molar-refractivity contribution in [2.75, 3.05) is 7.11 Å². The van der Waals surface area contributed by atoms with Gasteiger partial charge < -0.3 is 4.74 Å². The number of carbonyl (C=O) groups is 1. The molecule has 0 N–H and O–H groups in total. The van der Waals surface area contributed by atoms with Crippen LogP contribution in [0.3, 0.4) is 0 Å². The lowest BCUT2D eigenvalue weighted by Gasteiger charge is -1.97. The van der Waals surface area contributed by atoms with Gasteiger partial charge in [0.05, 0.1) is 12.7 Å². The summed E-state index contributed by atoms with van der Waals surface area (Å²) in [5.41, 5.74) is 0.348. The van der Waals surface area contributed by atoms with E-state index in [9.17, 15) is 4.79 Å². The monoisotopic (exact) mass is 178 g/mol. The number of rotatable bonds is 1. The zero-order valence-corrected chi connectivity index (χ0v) is 6.84. The Morgan fingerprint density at radius 1 is 1.54 bits per heavy atom. The number of hydrogen-bond acceptors (Lipinski definition) is 5. The normalized spacial score (nSPS) is 10.2. The molecule has 0 radical (unpaired) electrons. The summed E-state index contributed by atoms with van der Waals surface area (Å²) in [7, 11) is 1.31. The molecule has 0 aliphatic rings. The van der Waals surface area contributed by atoms with Crippen molar-refractivity contribution in [2.45, 2.75) is 0 Å². The minimum Gasteiger partial charge on any atom is -0.465 e. The fourth-order valence-electron chi connectivity index (χ4n) is 0.943. The van der Waals surface area contributed by atoms with E-state index >= 15 is 0 Å². The summed E-state index contributed by atoms with van der Waals surface area (Å²) in [4.78, 5) is 18.8. The average Bonchev–Trinajstić information content (AvgIpc) is 2.63. The molecule has 66 valence electrons. The van der Waals surface area contributed by atoms with Crippen LogP contribution in [-0.2, 0) is 4.74 Å². The smallest absolute Gasteiger partial charge is 0.341 e. The van der Waals surface area contributed by atoms with Gasteiger partial charge in [0.15, 0.2) is 0 Å². The first-order valence-corrected chi connectivity index (χ1v) is 3.55. The molecule has 0 saturated heterocycles. The summed E-state index contributed by atoms with van der Waals surface area (Å²) in [5, 5.41) is 3.83. The maximum Gasteiger partial charge on any atom is 0.341 e. The standard InChI is InChI=1S/C7H6N4O2/c1-13-6(12)5-2-8-7-9-4-10-11(7)3-5/h2-4H,1H3. The van der Waals surface area contributed by atoms with E-state index in [-0.39, 0.29) is 0 Å². The molecule has 0 atom stereocenters. The molecule has 2 rings (SSSR count). The average molecular weight is 178 g/mol. The number of aromatic nitrogens is 4. The van der Waals surface area contributed by atoms with Crippen LogP contribution in [0.1, 0.15) is 10.4 Å². The van der Waals surface area contributed by atoms with Gasteiger partial charge in [0.25, 0.3) is 5.78 Å². The second kappa shape index (κ2) is 2.81. The highest BCUT2D eigenvalue weighted by Gasteiger charge is 2.07. The van der Waals surface area contributed by atoms with E-state index in [1.54, 1.807) is 0 Å². The van der Waals surface area contributed by atoms with Crippen LogP contribution >= 0.6 is 0 Å². The Morgan fingerprint density at radius 3 is 3.15 bits per heavy atom. The molecule has 6 nitrogen and oxygen atoms in total. The molecule has 0 aliphatic heterocycles. The van der Waals surface area contributed by atoms with E-state index in [0.29, 0.717) is 11.3 Å². The molecule has 2 aromatic rings. The van der Waals surface area contributed by atoms with Gasteiger partial charge in [0.2, 0.25) is 0 Å². The molecule has 0 unspecified atom stereocenters. The Labute approximate surface area is 73.2 Å². The van der Waals surface area contributed by atoms with Gasteiger partial charge in [-0.2, -0.15) is 10.1 Å². The maximum atomic E-state index is 11.1. The third kappa shape index (κ3) is 1.22. The van der Waals surface area contributed by atoms with Crippen molar-refractivity contribution < 1.29 is 9.53 Å². The summed E-state index contributed by atoms with van der Waals surface area (Å²) >= 11 is 0. The molecule has 0 aromatic carbocycles. The van der Waals surface area contributed by atoms with E-state index in [4.69, 9.17) is 0 Å². The second-order valence-corrected chi connectivity index (χ2v) is 2.34. The Balaban J connectivity index is 2.54. The van der Waals surface area contributed by atoms with Crippen molar-refractivity contribution in [1.29, 1.82) is 0 Å². The Morgan fingerprint density at radius 2 is 2.38 bits per heavy atom. The number of fused-ring (bicyclic) bond motifs is 1. The van der Waals surface area contributed by atoms with Crippen molar-refractivity contribution in [3.63, 3.8) is 0 Å². The predicted octanol–water partition coefficient (Wildman–Crippen LogP) is -0.0891. The zero-order valence-electron chi connectivity index (χ0n) is 6.84. The van der Waals surface area contributed by atoms with Crippen molar-refractivity contribution >= 4 is 11.7 Å². The van der Waals surface area contributed by atoms with Gasteiger partial charge in [-0.1, -0.05) is 0 Å². The maximum absolute atomic E-state index is 11.1. The molecule has 0 bridgehead atoms. The number of methoxy groups -OCH3 is 1. The number of hydrogen-bond donors (Lipinski definition) is 0. The second-order valence-electron chi connectivity index (χ2n) is 2.34. The highest BCUT2D eigenvalue weighted by molar-refractivity contribution is 5.88. The third-order valence-corrected chi connectivity index (χ3v) is 1.56. The van der Waals surface area contributed by atoms with Crippen molar-refractivity contribution in [2.24, 2.45) is 0 Å². The van der Waals surface area contributed by atoms with Crippen LogP contribution in [0.2, 0.25) is 0 Å². The Bertz CT molecular complexity index is 450. The molecule has 0 aliphatic carbocycles. The van der Waals surface area contributed by atoms with Gasteiger partial charge in [0.1, 0.15) is 6.33 Å². The molecular formula is C7H6N4O2. The number of ether oxygens (including phenoxy) is 1. The lowest BCUT2D eigenvalue weighted by Crippen LogP contribution is -2.04. The molecule has 0 spiro atoms. The number of nitrogens with zero attached hydrogens (tertiary/aromatic N) is 4. The van der Waals surface area contributed by atoms with E-state index in [2.05, 4.69) is 19.8 Å². The zero-order chi connectivity index (χ0) is 9.26.